The lowest BCUT2D eigenvalue weighted by atomic mass is 9.92. The van der Waals surface area contributed by atoms with Gasteiger partial charge in [0.2, 0.25) is 5.91 Å². The lowest BCUT2D eigenvalue weighted by Crippen LogP contribution is -2.30. The average molecular weight is 251 g/mol. The predicted octanol–water partition coefficient (Wildman–Crippen LogP) is 3.90. The maximum absolute atomic E-state index is 12.1. The van der Waals surface area contributed by atoms with E-state index in [0.717, 1.165) is 5.69 Å². The number of carbonyl (C=O) groups excluding carboxylic acids is 1. The molecule has 1 aliphatic rings. The van der Waals surface area contributed by atoms with Crippen molar-refractivity contribution in [2.75, 3.05) is 4.90 Å². The van der Waals surface area contributed by atoms with Gasteiger partial charge in [-0.2, -0.15) is 0 Å². The topological polar surface area (TPSA) is 20.3 Å². The summed E-state index contributed by atoms with van der Waals surface area (Å²) in [5, 5.41) is 0. The van der Waals surface area contributed by atoms with Crippen LogP contribution in [-0.2, 0) is 4.79 Å². The summed E-state index contributed by atoms with van der Waals surface area (Å²) in [5.41, 5.74) is 3.50. The summed E-state index contributed by atoms with van der Waals surface area (Å²) < 4.78 is 0. The second-order valence-corrected chi connectivity index (χ2v) is 5.09. The van der Waals surface area contributed by atoms with Gasteiger partial charge in [-0.1, -0.05) is 55.5 Å². The zero-order valence-electron chi connectivity index (χ0n) is 11.2. The largest absolute Gasteiger partial charge is 0.304 e. The lowest BCUT2D eigenvalue weighted by Gasteiger charge is -2.27. The van der Waals surface area contributed by atoms with E-state index in [0.29, 0.717) is 5.92 Å². The second-order valence-electron chi connectivity index (χ2n) is 5.09. The normalized spacial score (nSPS) is 21.3. The number of hydrogen-bond acceptors (Lipinski definition) is 1. The minimum Gasteiger partial charge on any atom is -0.304 e. The minimum atomic E-state index is 0.102. The molecule has 1 aliphatic heterocycles. The Morgan fingerprint density at radius 3 is 2.32 bits per heavy atom. The first-order valence-electron chi connectivity index (χ1n) is 6.64. The minimum absolute atomic E-state index is 0.102. The second kappa shape index (κ2) is 4.54. The Hall–Kier alpha value is -2.09. The Balaban J connectivity index is 2.14. The molecule has 0 fully saturated rings. The Kier molecular flexibility index (Phi) is 2.86. The monoisotopic (exact) mass is 251 g/mol. The molecule has 0 saturated carbocycles. The van der Waals surface area contributed by atoms with Gasteiger partial charge >= 0.3 is 0 Å². The van der Waals surface area contributed by atoms with Gasteiger partial charge in [0.05, 0.1) is 6.04 Å². The van der Waals surface area contributed by atoms with Gasteiger partial charge in [0.25, 0.3) is 0 Å². The number of carbonyl (C=O) groups is 1. The van der Waals surface area contributed by atoms with Gasteiger partial charge in [0.1, 0.15) is 0 Å². The molecule has 2 heteroatoms. The highest BCUT2D eigenvalue weighted by Crippen LogP contribution is 2.48. The van der Waals surface area contributed by atoms with Crippen LogP contribution in [0, 0.1) is 0 Å². The van der Waals surface area contributed by atoms with E-state index in [-0.39, 0.29) is 11.9 Å². The first kappa shape index (κ1) is 12.0. The fourth-order valence-electron chi connectivity index (χ4n) is 3.09. The summed E-state index contributed by atoms with van der Waals surface area (Å²) in [6.45, 7) is 3.84. The van der Waals surface area contributed by atoms with Crippen molar-refractivity contribution < 1.29 is 4.79 Å². The van der Waals surface area contributed by atoms with Crippen LogP contribution in [0.3, 0.4) is 0 Å². The van der Waals surface area contributed by atoms with Crippen molar-refractivity contribution in [1.29, 1.82) is 0 Å². The number of benzene rings is 2. The summed E-state index contributed by atoms with van der Waals surface area (Å²) in [6.07, 6.45) is 0. The maximum Gasteiger partial charge on any atom is 0.224 e. The summed E-state index contributed by atoms with van der Waals surface area (Å²) in [6, 6.07) is 18.6. The molecular formula is C17H17NO. The van der Waals surface area contributed by atoms with E-state index in [9.17, 15) is 4.79 Å². The van der Waals surface area contributed by atoms with Gasteiger partial charge in [-0.15, -0.1) is 0 Å². The van der Waals surface area contributed by atoms with Gasteiger partial charge in [0, 0.05) is 18.5 Å². The molecule has 3 rings (SSSR count). The van der Waals surface area contributed by atoms with E-state index in [2.05, 4.69) is 25.1 Å². The van der Waals surface area contributed by atoms with Gasteiger partial charge in [0.15, 0.2) is 0 Å². The molecule has 0 bridgehead atoms. The lowest BCUT2D eigenvalue weighted by molar-refractivity contribution is -0.117. The Labute approximate surface area is 113 Å². The van der Waals surface area contributed by atoms with Crippen molar-refractivity contribution in [2.24, 2.45) is 0 Å². The Bertz CT molecular complexity index is 606. The number of nitrogens with zero attached hydrogens (tertiary/aromatic N) is 1. The Morgan fingerprint density at radius 2 is 1.63 bits per heavy atom. The highest BCUT2D eigenvalue weighted by atomic mass is 16.2. The first-order valence-corrected chi connectivity index (χ1v) is 6.64. The third kappa shape index (κ3) is 1.84. The van der Waals surface area contributed by atoms with Crippen molar-refractivity contribution in [1.82, 2.24) is 0 Å². The number of rotatable bonds is 1. The van der Waals surface area contributed by atoms with Crippen molar-refractivity contribution in [3.05, 3.63) is 65.7 Å². The molecule has 96 valence electrons. The number of hydrogen-bond donors (Lipinski definition) is 0. The predicted molar refractivity (Wildman–Crippen MR) is 77.2 cm³/mol. The zero-order valence-corrected chi connectivity index (χ0v) is 11.2. The molecule has 0 spiro atoms. The SMILES string of the molecule is CC(=O)N1c2ccccc2[C@H](C)[C@H]1c1ccccc1. The van der Waals surface area contributed by atoms with E-state index >= 15 is 0 Å². The van der Waals surface area contributed by atoms with Crippen LogP contribution in [0.4, 0.5) is 5.69 Å². The molecule has 0 aliphatic carbocycles. The number of anilines is 1. The zero-order chi connectivity index (χ0) is 13.4. The number of para-hydroxylation sites is 1. The molecule has 2 aromatic carbocycles. The molecule has 0 radical (unpaired) electrons. The van der Waals surface area contributed by atoms with Crippen LogP contribution in [0.2, 0.25) is 0 Å². The van der Waals surface area contributed by atoms with E-state index in [1.807, 2.05) is 41.3 Å². The fourth-order valence-corrected chi connectivity index (χ4v) is 3.09. The van der Waals surface area contributed by atoms with E-state index in [4.69, 9.17) is 0 Å². The summed E-state index contributed by atoms with van der Waals surface area (Å²) in [5.74, 6) is 0.424. The quantitative estimate of drug-likeness (QED) is 0.752. The first-order chi connectivity index (χ1) is 9.20. The van der Waals surface area contributed by atoms with Crippen LogP contribution in [0.15, 0.2) is 54.6 Å². The van der Waals surface area contributed by atoms with Crippen molar-refractivity contribution in [3.8, 4) is 0 Å². The van der Waals surface area contributed by atoms with Crippen molar-refractivity contribution >= 4 is 11.6 Å². The molecule has 19 heavy (non-hydrogen) atoms. The van der Waals surface area contributed by atoms with Gasteiger partial charge in [-0.3, -0.25) is 4.79 Å². The maximum atomic E-state index is 12.1. The molecule has 0 aromatic heterocycles. The van der Waals surface area contributed by atoms with Crippen LogP contribution in [0.25, 0.3) is 0 Å². The average Bonchev–Trinajstić information content (AvgIpc) is 2.74. The molecule has 2 atom stereocenters. The molecule has 0 unspecified atom stereocenters. The summed E-state index contributed by atoms with van der Waals surface area (Å²) >= 11 is 0. The molecule has 2 nitrogen and oxygen atoms in total. The van der Waals surface area contributed by atoms with E-state index < -0.39 is 0 Å². The smallest absolute Gasteiger partial charge is 0.224 e. The van der Waals surface area contributed by atoms with Gasteiger partial charge in [-0.05, 0) is 17.2 Å². The summed E-state index contributed by atoms with van der Waals surface area (Å²) in [4.78, 5) is 14.0. The molecule has 0 N–H and O–H groups in total. The van der Waals surface area contributed by atoms with Crippen molar-refractivity contribution in [2.45, 2.75) is 25.8 Å². The molecule has 0 saturated heterocycles. The fraction of sp³-hybridized carbons (Fsp3) is 0.235. The van der Waals surface area contributed by atoms with Gasteiger partial charge in [-0.25, -0.2) is 0 Å². The van der Waals surface area contributed by atoms with Gasteiger partial charge < -0.3 is 4.90 Å². The molecule has 1 heterocycles. The van der Waals surface area contributed by atoms with Crippen LogP contribution in [-0.4, -0.2) is 5.91 Å². The highest BCUT2D eigenvalue weighted by molar-refractivity contribution is 5.95. The molecular weight excluding hydrogens is 234 g/mol. The number of fused-ring (bicyclic) bond motifs is 1. The van der Waals surface area contributed by atoms with Crippen LogP contribution < -0.4 is 4.90 Å². The standard InChI is InChI=1S/C17H17NO/c1-12-15-10-6-7-11-16(15)18(13(2)19)17(12)14-8-4-3-5-9-14/h3-12,17H,1-2H3/t12-,17-/m0/s1. The van der Waals surface area contributed by atoms with Crippen LogP contribution in [0.1, 0.15) is 36.9 Å². The molecule has 2 aromatic rings. The summed E-state index contributed by atoms with van der Waals surface area (Å²) in [7, 11) is 0. The third-order valence-corrected chi connectivity index (χ3v) is 3.92. The van der Waals surface area contributed by atoms with Crippen LogP contribution >= 0.6 is 0 Å². The highest BCUT2D eigenvalue weighted by Gasteiger charge is 2.38. The van der Waals surface area contributed by atoms with Crippen molar-refractivity contribution in [3.63, 3.8) is 0 Å². The van der Waals surface area contributed by atoms with E-state index in [1.54, 1.807) is 6.92 Å². The molecule has 1 amide bonds. The van der Waals surface area contributed by atoms with Crippen LogP contribution in [0.5, 0.6) is 0 Å². The Morgan fingerprint density at radius 1 is 1.00 bits per heavy atom. The third-order valence-electron chi connectivity index (χ3n) is 3.92. The van der Waals surface area contributed by atoms with E-state index in [1.165, 1.54) is 11.1 Å². The number of amides is 1.